The molecule has 2 heterocycles. The van der Waals surface area contributed by atoms with Crippen molar-refractivity contribution in [2.75, 3.05) is 0 Å². The van der Waals surface area contributed by atoms with Gasteiger partial charge in [0.15, 0.2) is 11.7 Å². The lowest BCUT2D eigenvalue weighted by atomic mass is 9.55. The molecule has 1 fully saturated rings. The molecule has 0 N–H and O–H groups in total. The van der Waals surface area contributed by atoms with Gasteiger partial charge in [0.25, 0.3) is 0 Å². The van der Waals surface area contributed by atoms with Gasteiger partial charge in [-0.3, -0.25) is 0 Å². The second-order valence-electron chi connectivity index (χ2n) is 9.84. The number of rotatable bonds is 6. The van der Waals surface area contributed by atoms with Gasteiger partial charge in [-0.25, -0.2) is 14.4 Å². The minimum Gasteiger partial charge on any atom is -0.487 e. The van der Waals surface area contributed by atoms with Crippen LogP contribution in [-0.4, -0.2) is 9.97 Å². The number of hydrogen-bond donors (Lipinski definition) is 0. The van der Waals surface area contributed by atoms with E-state index in [0.29, 0.717) is 18.4 Å². The van der Waals surface area contributed by atoms with Gasteiger partial charge < -0.3 is 9.15 Å². The van der Waals surface area contributed by atoms with E-state index < -0.39 is 0 Å². The maximum atomic E-state index is 13.5. The summed E-state index contributed by atoms with van der Waals surface area (Å²) in [5, 5.41) is 0.775. The van der Waals surface area contributed by atoms with Crippen LogP contribution in [0, 0.1) is 18.7 Å². The number of fused-ring (bicyclic) bond motifs is 1. The average Bonchev–Trinajstić information content (AvgIpc) is 3.31. The first kappa shape index (κ1) is 22.5. The van der Waals surface area contributed by atoms with E-state index in [0.717, 1.165) is 46.5 Å². The minimum atomic E-state index is -0.263. The second kappa shape index (κ2) is 8.90. The van der Waals surface area contributed by atoms with E-state index in [1.54, 1.807) is 12.3 Å². The molecular weight excluding hydrogens is 451 g/mol. The van der Waals surface area contributed by atoms with Crippen LogP contribution in [0.15, 0.2) is 89.5 Å². The molecule has 36 heavy (non-hydrogen) atoms. The van der Waals surface area contributed by atoms with Crippen LogP contribution in [0.3, 0.4) is 0 Å². The van der Waals surface area contributed by atoms with Crippen LogP contribution in [0.25, 0.3) is 22.2 Å². The Bertz CT molecular complexity index is 1540. The summed E-state index contributed by atoms with van der Waals surface area (Å²) in [7, 11) is 0. The summed E-state index contributed by atoms with van der Waals surface area (Å²) in [5.74, 6) is 2.56. The van der Waals surface area contributed by atoms with Gasteiger partial charge in [0, 0.05) is 23.3 Å². The number of oxazole rings is 1. The van der Waals surface area contributed by atoms with Crippen molar-refractivity contribution in [2.24, 2.45) is 5.92 Å². The van der Waals surface area contributed by atoms with Crippen LogP contribution in [0.4, 0.5) is 4.39 Å². The highest BCUT2D eigenvalue weighted by atomic mass is 19.1. The Morgan fingerprint density at radius 2 is 1.83 bits per heavy atom. The Kier molecular flexibility index (Phi) is 5.56. The summed E-state index contributed by atoms with van der Waals surface area (Å²) in [5.41, 5.74) is 4.98. The molecule has 0 aliphatic heterocycles. The van der Waals surface area contributed by atoms with E-state index in [1.807, 2.05) is 25.1 Å². The predicted octanol–water partition coefficient (Wildman–Crippen LogP) is 7.63. The van der Waals surface area contributed by atoms with Gasteiger partial charge in [-0.2, -0.15) is 0 Å². The molecular formula is C31H27FN2O2. The molecule has 0 bridgehead atoms. The van der Waals surface area contributed by atoms with E-state index in [4.69, 9.17) is 9.15 Å². The Balaban J connectivity index is 1.37. The van der Waals surface area contributed by atoms with Crippen LogP contribution in [-0.2, 0) is 12.0 Å². The molecule has 3 aromatic carbocycles. The van der Waals surface area contributed by atoms with Gasteiger partial charge in [0.1, 0.15) is 18.2 Å². The van der Waals surface area contributed by atoms with Crippen molar-refractivity contribution in [1.29, 1.82) is 0 Å². The summed E-state index contributed by atoms with van der Waals surface area (Å²) >= 11 is 0. The molecule has 0 unspecified atom stereocenters. The lowest BCUT2D eigenvalue weighted by Crippen LogP contribution is -2.41. The largest absolute Gasteiger partial charge is 0.487 e. The summed E-state index contributed by atoms with van der Waals surface area (Å²) in [6, 6.07) is 25.3. The quantitative estimate of drug-likeness (QED) is 0.252. The van der Waals surface area contributed by atoms with Crippen molar-refractivity contribution in [3.05, 3.63) is 114 Å². The van der Waals surface area contributed by atoms with Crippen LogP contribution in [0.5, 0.6) is 5.75 Å². The topological polar surface area (TPSA) is 48.2 Å². The summed E-state index contributed by atoms with van der Waals surface area (Å²) in [6.45, 7) is 4.49. The standard InChI is InChI=1S/C31H27FN2O2/c1-20-16-31(17-20,23-6-4-3-5-7-23)28-15-26(11-12-27(28)30-18-33-21(2)36-30)35-19-25-10-8-22-14-24(32)9-13-29(22)34-25/h3-15,18,20H,16-17,19H2,1-2H3. The first-order valence-electron chi connectivity index (χ1n) is 12.3. The normalized spacial score (nSPS) is 19.2. The van der Waals surface area contributed by atoms with Crippen molar-refractivity contribution in [1.82, 2.24) is 9.97 Å². The van der Waals surface area contributed by atoms with E-state index in [1.165, 1.54) is 23.3 Å². The van der Waals surface area contributed by atoms with Crippen LogP contribution in [0.2, 0.25) is 0 Å². The third-order valence-electron chi connectivity index (χ3n) is 7.21. The Hall–Kier alpha value is -3.99. The smallest absolute Gasteiger partial charge is 0.191 e. The molecule has 0 saturated heterocycles. The Labute approximate surface area is 209 Å². The van der Waals surface area contributed by atoms with Gasteiger partial charge in [-0.15, -0.1) is 0 Å². The first-order valence-corrected chi connectivity index (χ1v) is 12.3. The average molecular weight is 479 g/mol. The van der Waals surface area contributed by atoms with Crippen LogP contribution in [0.1, 0.15) is 42.5 Å². The third kappa shape index (κ3) is 4.05. The summed E-state index contributed by atoms with van der Waals surface area (Å²) in [4.78, 5) is 8.99. The van der Waals surface area contributed by atoms with Crippen molar-refractivity contribution >= 4 is 10.9 Å². The molecule has 1 aliphatic carbocycles. The van der Waals surface area contributed by atoms with Crippen molar-refractivity contribution in [2.45, 2.75) is 38.7 Å². The third-order valence-corrected chi connectivity index (χ3v) is 7.21. The molecule has 4 nitrogen and oxygen atoms in total. The highest BCUT2D eigenvalue weighted by Crippen LogP contribution is 2.55. The van der Waals surface area contributed by atoms with Gasteiger partial charge in [0.05, 0.1) is 17.4 Å². The second-order valence-corrected chi connectivity index (χ2v) is 9.84. The number of nitrogens with zero attached hydrogens (tertiary/aromatic N) is 2. The van der Waals surface area contributed by atoms with Gasteiger partial charge in [-0.1, -0.05) is 43.3 Å². The SMILES string of the molecule is Cc1ncc(-c2ccc(OCc3ccc4cc(F)ccc4n3)cc2C2(c3ccccc3)CC(C)C2)o1. The zero-order chi connectivity index (χ0) is 24.7. The zero-order valence-electron chi connectivity index (χ0n) is 20.4. The molecule has 0 spiro atoms. The highest BCUT2D eigenvalue weighted by molar-refractivity contribution is 5.78. The lowest BCUT2D eigenvalue weighted by Gasteiger charge is -2.48. The molecule has 180 valence electrons. The molecule has 1 aliphatic rings. The van der Waals surface area contributed by atoms with E-state index >= 15 is 0 Å². The maximum absolute atomic E-state index is 13.5. The monoisotopic (exact) mass is 478 g/mol. The summed E-state index contributed by atoms with van der Waals surface area (Å²) < 4.78 is 25.7. The number of pyridine rings is 1. The van der Waals surface area contributed by atoms with Gasteiger partial charge >= 0.3 is 0 Å². The van der Waals surface area contributed by atoms with E-state index in [9.17, 15) is 4.39 Å². The number of aryl methyl sites for hydroxylation is 1. The fourth-order valence-corrected chi connectivity index (χ4v) is 5.58. The van der Waals surface area contributed by atoms with Crippen LogP contribution < -0.4 is 4.74 Å². The van der Waals surface area contributed by atoms with Crippen molar-refractivity contribution < 1.29 is 13.5 Å². The number of halogens is 1. The molecule has 0 atom stereocenters. The molecule has 0 radical (unpaired) electrons. The molecule has 1 saturated carbocycles. The van der Waals surface area contributed by atoms with E-state index in [2.05, 4.69) is 59.4 Å². The van der Waals surface area contributed by atoms with Gasteiger partial charge in [-0.05, 0) is 72.4 Å². The maximum Gasteiger partial charge on any atom is 0.191 e. The van der Waals surface area contributed by atoms with Crippen molar-refractivity contribution in [3.8, 4) is 17.1 Å². The number of benzene rings is 3. The van der Waals surface area contributed by atoms with Gasteiger partial charge in [0.2, 0.25) is 0 Å². The number of aromatic nitrogens is 2. The predicted molar refractivity (Wildman–Crippen MR) is 138 cm³/mol. The molecule has 6 rings (SSSR count). The molecule has 5 heteroatoms. The lowest BCUT2D eigenvalue weighted by molar-refractivity contribution is 0.200. The minimum absolute atomic E-state index is 0.110. The fraction of sp³-hybridized carbons (Fsp3) is 0.226. The zero-order valence-corrected chi connectivity index (χ0v) is 20.4. The molecule has 2 aromatic heterocycles. The number of ether oxygens (including phenoxy) is 1. The first-order chi connectivity index (χ1) is 17.5. The Morgan fingerprint density at radius 3 is 2.58 bits per heavy atom. The number of hydrogen-bond acceptors (Lipinski definition) is 4. The summed E-state index contributed by atoms with van der Waals surface area (Å²) in [6.07, 6.45) is 3.92. The molecule has 0 amide bonds. The van der Waals surface area contributed by atoms with Crippen LogP contribution >= 0.6 is 0 Å². The molecule has 5 aromatic rings. The van der Waals surface area contributed by atoms with E-state index in [-0.39, 0.29) is 11.2 Å². The fourth-order valence-electron chi connectivity index (χ4n) is 5.58. The highest BCUT2D eigenvalue weighted by Gasteiger charge is 2.46. The Morgan fingerprint density at radius 1 is 1.00 bits per heavy atom. The van der Waals surface area contributed by atoms with Crippen molar-refractivity contribution in [3.63, 3.8) is 0 Å².